The van der Waals surface area contributed by atoms with Crippen molar-refractivity contribution in [3.8, 4) is 0 Å². The van der Waals surface area contributed by atoms with Crippen LogP contribution in [-0.4, -0.2) is 25.1 Å². The number of thiazole rings is 1. The number of fused-ring (bicyclic) bond motifs is 1. The van der Waals surface area contributed by atoms with Crippen LogP contribution in [0.1, 0.15) is 10.4 Å². The van der Waals surface area contributed by atoms with Gasteiger partial charge in [0.05, 0.1) is 20.7 Å². The molecule has 1 aromatic heterocycles. The van der Waals surface area contributed by atoms with Crippen molar-refractivity contribution in [1.82, 2.24) is 4.57 Å². The lowest BCUT2D eigenvalue weighted by molar-refractivity contribution is 0.0995. The van der Waals surface area contributed by atoms with Gasteiger partial charge >= 0.3 is 0 Å². The Kier molecular flexibility index (Phi) is 4.10. The van der Waals surface area contributed by atoms with Crippen LogP contribution in [0.15, 0.2) is 52.4 Å². The molecule has 0 atom stereocenters. The first kappa shape index (κ1) is 16.5. The Hall–Kier alpha value is -2.32. The zero-order valence-corrected chi connectivity index (χ0v) is 14.5. The molecule has 1 amide bonds. The molecule has 5 nitrogen and oxygen atoms in total. The van der Waals surface area contributed by atoms with Crippen LogP contribution >= 0.6 is 11.3 Å². The number of halogens is 1. The van der Waals surface area contributed by atoms with E-state index in [0.717, 1.165) is 23.1 Å². The molecule has 24 heavy (non-hydrogen) atoms. The molecule has 0 saturated heterocycles. The van der Waals surface area contributed by atoms with Crippen LogP contribution < -0.4 is 4.80 Å². The average Bonchev–Trinajstić information content (AvgIpc) is 2.82. The maximum atomic E-state index is 13.3. The molecule has 0 aliphatic carbocycles. The molecule has 1 heterocycles. The summed E-state index contributed by atoms with van der Waals surface area (Å²) in [6.07, 6.45) is 1.04. The van der Waals surface area contributed by atoms with Crippen LogP contribution in [0.25, 0.3) is 10.2 Å². The quantitative estimate of drug-likeness (QED) is 0.702. The van der Waals surface area contributed by atoms with Gasteiger partial charge in [-0.25, -0.2) is 12.8 Å². The van der Waals surface area contributed by atoms with E-state index in [1.54, 1.807) is 29.8 Å². The van der Waals surface area contributed by atoms with Crippen molar-refractivity contribution < 1.29 is 17.6 Å². The fraction of sp³-hybridized carbons (Fsp3) is 0.125. The molecule has 8 heteroatoms. The van der Waals surface area contributed by atoms with E-state index < -0.39 is 15.7 Å². The lowest BCUT2D eigenvalue weighted by atomic mass is 10.2. The molecule has 0 saturated carbocycles. The third kappa shape index (κ3) is 3.02. The Morgan fingerprint density at radius 3 is 2.62 bits per heavy atom. The summed E-state index contributed by atoms with van der Waals surface area (Å²) in [6, 6.07) is 10.2. The zero-order chi connectivity index (χ0) is 17.5. The van der Waals surface area contributed by atoms with Gasteiger partial charge in [-0.2, -0.15) is 4.99 Å². The van der Waals surface area contributed by atoms with Gasteiger partial charge in [-0.15, -0.1) is 0 Å². The van der Waals surface area contributed by atoms with Crippen LogP contribution in [0.3, 0.4) is 0 Å². The summed E-state index contributed by atoms with van der Waals surface area (Å²) in [5, 5.41) is 0. The van der Waals surface area contributed by atoms with Crippen molar-refractivity contribution in [2.75, 3.05) is 6.26 Å². The summed E-state index contributed by atoms with van der Waals surface area (Å²) in [5.74, 6) is -1.02. The van der Waals surface area contributed by atoms with E-state index >= 15 is 0 Å². The van der Waals surface area contributed by atoms with Crippen LogP contribution in [-0.2, 0) is 16.9 Å². The van der Waals surface area contributed by atoms with Gasteiger partial charge in [0.15, 0.2) is 14.6 Å². The van der Waals surface area contributed by atoms with Crippen molar-refractivity contribution >= 4 is 37.3 Å². The van der Waals surface area contributed by atoms with Gasteiger partial charge in [0.2, 0.25) is 0 Å². The molecule has 0 aliphatic heterocycles. The second kappa shape index (κ2) is 5.95. The second-order valence-electron chi connectivity index (χ2n) is 5.24. The molecule has 0 radical (unpaired) electrons. The Morgan fingerprint density at radius 1 is 1.21 bits per heavy atom. The molecule has 2 aromatic carbocycles. The first-order chi connectivity index (χ1) is 11.3. The first-order valence-electron chi connectivity index (χ1n) is 6.90. The smallest absolute Gasteiger partial charge is 0.280 e. The predicted molar refractivity (Wildman–Crippen MR) is 90.2 cm³/mol. The van der Waals surface area contributed by atoms with Gasteiger partial charge in [0, 0.05) is 13.3 Å². The molecular formula is C16H13FN2O3S2. The van der Waals surface area contributed by atoms with Crippen molar-refractivity contribution in [1.29, 1.82) is 0 Å². The van der Waals surface area contributed by atoms with E-state index in [0.29, 0.717) is 9.50 Å². The maximum absolute atomic E-state index is 13.3. The highest BCUT2D eigenvalue weighted by Gasteiger charge is 2.18. The van der Waals surface area contributed by atoms with Crippen molar-refractivity contribution in [2.45, 2.75) is 4.90 Å². The Bertz CT molecular complexity index is 1130. The van der Waals surface area contributed by atoms with Gasteiger partial charge in [0.25, 0.3) is 5.91 Å². The van der Waals surface area contributed by atoms with Gasteiger partial charge in [-0.1, -0.05) is 23.5 Å². The maximum Gasteiger partial charge on any atom is 0.280 e. The number of hydrogen-bond acceptors (Lipinski definition) is 4. The largest absolute Gasteiger partial charge is 0.319 e. The molecule has 0 spiro atoms. The van der Waals surface area contributed by atoms with Gasteiger partial charge in [0.1, 0.15) is 5.82 Å². The van der Waals surface area contributed by atoms with Crippen LogP contribution in [0.4, 0.5) is 4.39 Å². The Labute approximate surface area is 141 Å². The highest BCUT2D eigenvalue weighted by atomic mass is 32.2. The minimum atomic E-state index is -3.54. The third-order valence-electron chi connectivity index (χ3n) is 3.49. The summed E-state index contributed by atoms with van der Waals surface area (Å²) >= 11 is 1.16. The lowest BCUT2D eigenvalue weighted by Crippen LogP contribution is -2.15. The lowest BCUT2D eigenvalue weighted by Gasteiger charge is -2.03. The van der Waals surface area contributed by atoms with Gasteiger partial charge in [-0.3, -0.25) is 4.79 Å². The number of benzene rings is 2. The van der Waals surface area contributed by atoms with Gasteiger partial charge in [-0.05, 0) is 30.3 Å². The molecule has 3 rings (SSSR count). The molecule has 0 bridgehead atoms. The number of carbonyl (C=O) groups is 1. The Morgan fingerprint density at radius 2 is 1.92 bits per heavy atom. The van der Waals surface area contributed by atoms with E-state index in [-0.39, 0.29) is 16.3 Å². The zero-order valence-electron chi connectivity index (χ0n) is 12.9. The third-order valence-corrected chi connectivity index (χ3v) is 5.74. The Balaban J connectivity index is 2.17. The second-order valence-corrected chi connectivity index (χ2v) is 8.23. The minimum absolute atomic E-state index is 0.0173. The summed E-state index contributed by atoms with van der Waals surface area (Å²) in [4.78, 5) is 16.8. The average molecular weight is 364 g/mol. The van der Waals surface area contributed by atoms with E-state index in [1.807, 2.05) is 0 Å². The first-order valence-corrected chi connectivity index (χ1v) is 9.61. The van der Waals surface area contributed by atoms with Crippen molar-refractivity contribution in [3.63, 3.8) is 0 Å². The van der Waals surface area contributed by atoms with Gasteiger partial charge < -0.3 is 4.57 Å². The van der Waals surface area contributed by atoms with E-state index in [1.165, 1.54) is 24.3 Å². The molecule has 0 unspecified atom stereocenters. The number of aromatic nitrogens is 1. The number of carbonyl (C=O) groups excluding carboxylic acids is 1. The van der Waals surface area contributed by atoms with Crippen LogP contribution in [0.5, 0.6) is 0 Å². The van der Waals surface area contributed by atoms with Crippen molar-refractivity contribution in [2.24, 2.45) is 12.0 Å². The standard InChI is InChI=1S/C16H13FN2O3S2/c1-19-12-8-7-10(17)9-13(12)23-16(19)18-15(20)11-5-3-4-6-14(11)24(2,21)22/h3-9H,1-2H3. The number of aryl methyl sites for hydroxylation is 1. The molecule has 0 N–H and O–H groups in total. The monoisotopic (exact) mass is 364 g/mol. The molecule has 124 valence electrons. The van der Waals surface area contributed by atoms with Crippen LogP contribution in [0, 0.1) is 5.82 Å². The topological polar surface area (TPSA) is 68.5 Å². The number of rotatable bonds is 2. The van der Waals surface area contributed by atoms with E-state index in [9.17, 15) is 17.6 Å². The molecule has 3 aromatic rings. The molecular weight excluding hydrogens is 351 g/mol. The SMILES string of the molecule is Cn1c(=NC(=O)c2ccccc2S(C)(=O)=O)sc2cc(F)ccc21. The van der Waals surface area contributed by atoms with Crippen LogP contribution in [0.2, 0.25) is 0 Å². The predicted octanol–water partition coefficient (Wildman–Crippen LogP) is 2.52. The fourth-order valence-corrected chi connectivity index (χ4v) is 4.25. The number of sulfone groups is 1. The number of nitrogens with zero attached hydrogens (tertiary/aromatic N) is 2. The highest BCUT2D eigenvalue weighted by molar-refractivity contribution is 7.90. The van der Waals surface area contributed by atoms with E-state index in [2.05, 4.69) is 4.99 Å². The summed E-state index contributed by atoms with van der Waals surface area (Å²) in [6.45, 7) is 0. The van der Waals surface area contributed by atoms with Crippen molar-refractivity contribution in [3.05, 3.63) is 58.6 Å². The number of hydrogen-bond donors (Lipinski definition) is 0. The molecule has 0 aliphatic rings. The summed E-state index contributed by atoms with van der Waals surface area (Å²) in [7, 11) is -1.83. The number of amides is 1. The van der Waals surface area contributed by atoms with E-state index in [4.69, 9.17) is 0 Å². The molecule has 0 fully saturated rings. The summed E-state index contributed by atoms with van der Waals surface area (Å²) < 4.78 is 39.3. The summed E-state index contributed by atoms with van der Waals surface area (Å²) in [5.41, 5.74) is 0.757. The fourth-order valence-electron chi connectivity index (χ4n) is 2.33. The normalized spacial score (nSPS) is 12.7. The minimum Gasteiger partial charge on any atom is -0.319 e. The highest BCUT2D eigenvalue weighted by Crippen LogP contribution is 2.19.